The quantitative estimate of drug-likeness (QED) is 0.158. The maximum atomic E-state index is 6.05. The first-order chi connectivity index (χ1) is 20.6. The van der Waals surface area contributed by atoms with Gasteiger partial charge in [-0.3, -0.25) is 0 Å². The van der Waals surface area contributed by atoms with E-state index in [9.17, 15) is 0 Å². The van der Waals surface area contributed by atoms with Gasteiger partial charge in [-0.25, -0.2) is 0 Å². The van der Waals surface area contributed by atoms with Gasteiger partial charge in [-0.05, 0) is 97.6 Å². The summed E-state index contributed by atoms with van der Waals surface area (Å²) in [5.74, 6) is 0. The van der Waals surface area contributed by atoms with Gasteiger partial charge in [0.25, 0.3) is 0 Å². The minimum absolute atomic E-state index is 0.830. The number of hydrogen-bond donors (Lipinski definition) is 1. The Morgan fingerprint density at radius 2 is 1.24 bits per heavy atom. The molecule has 0 unspecified atom stereocenters. The molecule has 0 amide bonds. The van der Waals surface area contributed by atoms with Crippen molar-refractivity contribution >= 4 is 37.9 Å². The molecule has 0 saturated carbocycles. The van der Waals surface area contributed by atoms with E-state index in [1.165, 1.54) is 65.7 Å². The smallest absolute Gasteiger partial charge is 0.00174 e. The van der Waals surface area contributed by atoms with Crippen LogP contribution in [0.4, 0.5) is 0 Å². The highest BCUT2D eigenvalue weighted by atomic mass is 14.5. The minimum atomic E-state index is 0.830. The Kier molecular flexibility index (Phi) is 7.58. The molecule has 0 aliphatic rings. The highest BCUT2D eigenvalue weighted by molar-refractivity contribution is 6.21. The Balaban J connectivity index is 1.49. The third-order valence-corrected chi connectivity index (χ3v) is 8.19. The zero-order valence-corrected chi connectivity index (χ0v) is 24.3. The van der Waals surface area contributed by atoms with E-state index < -0.39 is 0 Å². The fourth-order valence-electron chi connectivity index (χ4n) is 5.99. The Morgan fingerprint density at radius 3 is 1.81 bits per heavy atom. The number of fused-ring (bicyclic) bond motifs is 3. The van der Waals surface area contributed by atoms with E-state index in [1.807, 2.05) is 13.0 Å². The van der Waals surface area contributed by atoms with Gasteiger partial charge in [0.1, 0.15) is 0 Å². The number of aryl methyl sites for hydroxylation is 1. The number of hydrogen-bond acceptors (Lipinski definition) is 1. The topological polar surface area (TPSA) is 26.0 Å². The van der Waals surface area contributed by atoms with Gasteiger partial charge in [0, 0.05) is 6.20 Å². The molecule has 0 aliphatic heterocycles. The van der Waals surface area contributed by atoms with Crippen molar-refractivity contribution in [1.82, 2.24) is 0 Å². The monoisotopic (exact) mass is 541 g/mol. The zero-order chi connectivity index (χ0) is 29.1. The summed E-state index contributed by atoms with van der Waals surface area (Å²) in [5.41, 5.74) is 15.6. The molecular formula is C41H35N. The van der Waals surface area contributed by atoms with Crippen LogP contribution in [0.2, 0.25) is 0 Å². The van der Waals surface area contributed by atoms with Crippen LogP contribution in [0.3, 0.4) is 0 Å². The number of benzene rings is 6. The lowest BCUT2D eigenvalue weighted by molar-refractivity contribution is 1.27. The first-order valence-electron chi connectivity index (χ1n) is 14.5. The van der Waals surface area contributed by atoms with Crippen LogP contribution in [0, 0.1) is 6.92 Å². The number of rotatable bonds is 7. The predicted molar refractivity (Wildman–Crippen MR) is 184 cm³/mol. The predicted octanol–water partition coefficient (Wildman–Crippen LogP) is 11.2. The molecular weight excluding hydrogens is 506 g/mol. The second kappa shape index (κ2) is 11.8. The molecule has 0 saturated heterocycles. The van der Waals surface area contributed by atoms with Gasteiger partial charge in [0.15, 0.2) is 0 Å². The standard InChI is InChI=1S/C41H35N/c1-4-29(5-2)11-10-12-35(27-42)30-19-21-31(22-20-30)40-36-13-6-8-15-38(36)41(39-16-9-7-14-37(39)40)34-24-23-32-25-28(3)17-18-33(32)26-34/h4-10,12-27H,1,11,42H2,2-3H3/b12-10-,29-5+,35-27+. The van der Waals surface area contributed by atoms with Gasteiger partial charge in [0.2, 0.25) is 0 Å². The summed E-state index contributed by atoms with van der Waals surface area (Å²) in [5, 5.41) is 7.55. The highest BCUT2D eigenvalue weighted by Gasteiger charge is 2.16. The molecule has 0 radical (unpaired) electrons. The minimum Gasteiger partial charge on any atom is -0.404 e. The Labute approximate surface area is 248 Å². The second-order valence-corrected chi connectivity index (χ2v) is 10.8. The van der Waals surface area contributed by atoms with E-state index in [0.29, 0.717) is 0 Å². The third kappa shape index (κ3) is 5.06. The maximum absolute atomic E-state index is 6.05. The molecule has 0 aliphatic carbocycles. The molecule has 0 atom stereocenters. The molecule has 6 aromatic rings. The van der Waals surface area contributed by atoms with Gasteiger partial charge >= 0.3 is 0 Å². The van der Waals surface area contributed by atoms with Crippen LogP contribution in [0.15, 0.2) is 152 Å². The third-order valence-electron chi connectivity index (χ3n) is 8.19. The summed E-state index contributed by atoms with van der Waals surface area (Å²) in [6, 6.07) is 39.9. The zero-order valence-electron chi connectivity index (χ0n) is 24.3. The van der Waals surface area contributed by atoms with Gasteiger partial charge in [0.05, 0.1) is 0 Å². The number of nitrogens with two attached hydrogens (primary N) is 1. The molecule has 2 N–H and O–H groups in total. The molecule has 0 heterocycles. The summed E-state index contributed by atoms with van der Waals surface area (Å²) in [6.07, 6.45) is 10.7. The molecule has 1 heteroatoms. The Bertz CT molecular complexity index is 1980. The normalized spacial score (nSPS) is 12.5. The second-order valence-electron chi connectivity index (χ2n) is 10.8. The van der Waals surface area contributed by atoms with Crippen LogP contribution in [0.1, 0.15) is 24.5 Å². The largest absolute Gasteiger partial charge is 0.404 e. The molecule has 0 fully saturated rings. The summed E-state index contributed by atoms with van der Waals surface area (Å²) in [4.78, 5) is 0. The lowest BCUT2D eigenvalue weighted by Gasteiger charge is -2.18. The Hall–Kier alpha value is -5.14. The van der Waals surface area contributed by atoms with Crippen LogP contribution >= 0.6 is 0 Å². The first-order valence-corrected chi connectivity index (χ1v) is 14.5. The lowest BCUT2D eigenvalue weighted by Crippen LogP contribution is -1.92. The van der Waals surface area contributed by atoms with Gasteiger partial charge in [-0.1, -0.05) is 140 Å². The van der Waals surface area contributed by atoms with Crippen LogP contribution in [0.25, 0.3) is 60.1 Å². The van der Waals surface area contributed by atoms with E-state index in [0.717, 1.165) is 17.6 Å². The first kappa shape index (κ1) is 27.1. The van der Waals surface area contributed by atoms with Crippen molar-refractivity contribution in [2.45, 2.75) is 20.3 Å². The van der Waals surface area contributed by atoms with Crippen molar-refractivity contribution in [3.8, 4) is 22.3 Å². The van der Waals surface area contributed by atoms with Gasteiger partial charge in [-0.15, -0.1) is 0 Å². The maximum Gasteiger partial charge on any atom is 0.00174 e. The number of allylic oxidation sites excluding steroid dienone is 6. The molecule has 204 valence electrons. The van der Waals surface area contributed by atoms with E-state index in [4.69, 9.17) is 5.73 Å². The van der Waals surface area contributed by atoms with Crippen molar-refractivity contribution in [1.29, 1.82) is 0 Å². The average molecular weight is 542 g/mol. The van der Waals surface area contributed by atoms with E-state index in [1.54, 1.807) is 6.20 Å². The highest BCUT2D eigenvalue weighted by Crippen LogP contribution is 2.44. The fraction of sp³-hybridized carbons (Fsp3) is 0.0732. The Morgan fingerprint density at radius 1 is 0.690 bits per heavy atom. The van der Waals surface area contributed by atoms with E-state index >= 15 is 0 Å². The summed E-state index contributed by atoms with van der Waals surface area (Å²) in [7, 11) is 0. The fourth-order valence-corrected chi connectivity index (χ4v) is 5.99. The van der Waals surface area contributed by atoms with Gasteiger partial charge in [-0.2, -0.15) is 0 Å². The lowest BCUT2D eigenvalue weighted by atomic mass is 9.85. The van der Waals surface area contributed by atoms with Crippen molar-refractivity contribution in [3.05, 3.63) is 163 Å². The molecule has 6 rings (SSSR count). The average Bonchev–Trinajstić information content (AvgIpc) is 3.04. The van der Waals surface area contributed by atoms with E-state index in [2.05, 4.69) is 141 Å². The molecule has 0 spiro atoms. The summed E-state index contributed by atoms with van der Waals surface area (Å²) < 4.78 is 0. The molecule has 0 bridgehead atoms. The van der Waals surface area contributed by atoms with E-state index in [-0.39, 0.29) is 0 Å². The van der Waals surface area contributed by atoms with Gasteiger partial charge < -0.3 is 5.73 Å². The molecule has 6 aromatic carbocycles. The molecule has 0 aromatic heterocycles. The van der Waals surface area contributed by atoms with Crippen molar-refractivity contribution in [2.75, 3.05) is 0 Å². The molecule has 1 nitrogen and oxygen atoms in total. The van der Waals surface area contributed by atoms with Crippen molar-refractivity contribution in [2.24, 2.45) is 5.73 Å². The van der Waals surface area contributed by atoms with Crippen molar-refractivity contribution < 1.29 is 0 Å². The SMILES string of the molecule is C=C/C(=C\C)C/C=C\C(=C/N)c1ccc(-c2c3ccccc3c(-c3ccc4cc(C)ccc4c3)c3ccccc23)cc1. The van der Waals surface area contributed by atoms with Crippen LogP contribution < -0.4 is 5.73 Å². The molecule has 42 heavy (non-hydrogen) atoms. The summed E-state index contributed by atoms with van der Waals surface area (Å²) >= 11 is 0. The van der Waals surface area contributed by atoms with Crippen LogP contribution in [0.5, 0.6) is 0 Å². The van der Waals surface area contributed by atoms with Crippen molar-refractivity contribution in [3.63, 3.8) is 0 Å². The summed E-state index contributed by atoms with van der Waals surface area (Å²) in [6.45, 7) is 8.07. The van der Waals surface area contributed by atoms with Crippen LogP contribution in [-0.2, 0) is 0 Å². The van der Waals surface area contributed by atoms with Crippen LogP contribution in [-0.4, -0.2) is 0 Å².